The van der Waals surface area contributed by atoms with E-state index in [1.807, 2.05) is 0 Å². The van der Waals surface area contributed by atoms with Gasteiger partial charge < -0.3 is 0 Å². The Kier molecular flexibility index (Phi) is 3.78. The van der Waals surface area contributed by atoms with Gasteiger partial charge in [0, 0.05) is 18.1 Å². The quantitative estimate of drug-likeness (QED) is 0.454. The molecule has 0 unspecified atom stereocenters. The van der Waals surface area contributed by atoms with Crippen molar-refractivity contribution in [2.75, 3.05) is 0 Å². The molecule has 0 aromatic heterocycles. The molecule has 1 aromatic rings. The highest BCUT2D eigenvalue weighted by atomic mass is 16.6. The van der Waals surface area contributed by atoms with Crippen molar-refractivity contribution in [2.45, 2.75) is 19.8 Å². The van der Waals surface area contributed by atoms with Gasteiger partial charge in [-0.3, -0.25) is 20.2 Å². The minimum atomic E-state index is -0.647. The van der Waals surface area contributed by atoms with E-state index in [4.69, 9.17) is 6.42 Å². The van der Waals surface area contributed by atoms with Crippen LogP contribution in [-0.2, 0) is 6.42 Å². The highest BCUT2D eigenvalue weighted by Gasteiger charge is 2.20. The minimum absolute atomic E-state index is 0.244. The Balaban J connectivity index is 3.33. The summed E-state index contributed by atoms with van der Waals surface area (Å²) in [5.74, 6) is 2.40. The Labute approximate surface area is 97.6 Å². The number of nitrogens with zero attached hydrogens (tertiary/aromatic N) is 2. The maximum absolute atomic E-state index is 10.8. The highest BCUT2D eigenvalue weighted by Crippen LogP contribution is 2.28. The number of non-ortho nitro benzene ring substituents is 1. The molecule has 0 fully saturated rings. The number of nitro benzene ring substituents is 2. The molecule has 0 saturated carbocycles. The Morgan fingerprint density at radius 3 is 2.41 bits per heavy atom. The second-order valence-corrected chi connectivity index (χ2v) is 3.47. The van der Waals surface area contributed by atoms with E-state index in [-0.39, 0.29) is 11.4 Å². The van der Waals surface area contributed by atoms with Crippen molar-refractivity contribution < 1.29 is 9.85 Å². The third kappa shape index (κ3) is 2.78. The lowest BCUT2D eigenvalue weighted by atomic mass is 10.0. The first-order chi connectivity index (χ1) is 7.97. The van der Waals surface area contributed by atoms with Crippen LogP contribution < -0.4 is 0 Å². The molecule has 0 radical (unpaired) electrons. The molecule has 0 spiro atoms. The van der Waals surface area contributed by atoms with Crippen LogP contribution in [0.4, 0.5) is 11.4 Å². The van der Waals surface area contributed by atoms with Crippen LogP contribution >= 0.6 is 0 Å². The summed E-state index contributed by atoms with van der Waals surface area (Å²) in [5.41, 5.74) is 0.445. The average Bonchev–Trinajstić information content (AvgIpc) is 2.26. The zero-order chi connectivity index (χ0) is 13.0. The fourth-order valence-corrected chi connectivity index (χ4v) is 1.50. The van der Waals surface area contributed by atoms with Crippen LogP contribution in [0.25, 0.3) is 0 Å². The SMILES string of the molecule is C#CCCc1cc([N+](=O)[O-])cc([N+](=O)[O-])c1C. The van der Waals surface area contributed by atoms with Gasteiger partial charge in [0.2, 0.25) is 0 Å². The second-order valence-electron chi connectivity index (χ2n) is 3.47. The normalized spacial score (nSPS) is 9.65. The van der Waals surface area contributed by atoms with Crippen molar-refractivity contribution in [2.24, 2.45) is 0 Å². The van der Waals surface area contributed by atoms with Crippen LogP contribution in [0.3, 0.4) is 0 Å². The first-order valence-corrected chi connectivity index (χ1v) is 4.83. The van der Waals surface area contributed by atoms with Gasteiger partial charge in [-0.15, -0.1) is 12.3 Å². The number of hydrogen-bond donors (Lipinski definition) is 0. The fourth-order valence-electron chi connectivity index (χ4n) is 1.50. The van der Waals surface area contributed by atoms with Crippen LogP contribution in [0.15, 0.2) is 12.1 Å². The predicted molar refractivity (Wildman–Crippen MR) is 61.6 cm³/mol. The van der Waals surface area contributed by atoms with Crippen molar-refractivity contribution in [3.05, 3.63) is 43.5 Å². The number of rotatable bonds is 4. The molecule has 17 heavy (non-hydrogen) atoms. The number of benzene rings is 1. The Hall–Kier alpha value is -2.42. The van der Waals surface area contributed by atoms with Crippen LogP contribution in [0.1, 0.15) is 17.5 Å². The summed E-state index contributed by atoms with van der Waals surface area (Å²) < 4.78 is 0. The average molecular weight is 234 g/mol. The van der Waals surface area contributed by atoms with Gasteiger partial charge in [-0.2, -0.15) is 0 Å². The smallest absolute Gasteiger partial charge is 0.258 e. The number of nitro groups is 2. The summed E-state index contributed by atoms with van der Waals surface area (Å²) >= 11 is 0. The van der Waals surface area contributed by atoms with Gasteiger partial charge in [-0.25, -0.2) is 0 Å². The van der Waals surface area contributed by atoms with Gasteiger partial charge in [0.25, 0.3) is 11.4 Å². The van der Waals surface area contributed by atoms with E-state index in [0.29, 0.717) is 24.0 Å². The van der Waals surface area contributed by atoms with E-state index in [2.05, 4.69) is 5.92 Å². The first-order valence-electron chi connectivity index (χ1n) is 4.83. The van der Waals surface area contributed by atoms with E-state index in [1.54, 1.807) is 6.92 Å². The van der Waals surface area contributed by atoms with Gasteiger partial charge in [-0.05, 0) is 18.9 Å². The monoisotopic (exact) mass is 234 g/mol. The molecule has 0 N–H and O–H groups in total. The van der Waals surface area contributed by atoms with Crippen LogP contribution in [-0.4, -0.2) is 9.85 Å². The van der Waals surface area contributed by atoms with E-state index in [1.165, 1.54) is 6.07 Å². The van der Waals surface area contributed by atoms with Crippen molar-refractivity contribution in [1.29, 1.82) is 0 Å². The van der Waals surface area contributed by atoms with Gasteiger partial charge in [-0.1, -0.05) is 0 Å². The largest absolute Gasteiger partial charge is 0.279 e. The Bertz CT molecular complexity index is 517. The molecule has 1 rings (SSSR count). The summed E-state index contributed by atoms with van der Waals surface area (Å²) in [5, 5.41) is 21.4. The Morgan fingerprint density at radius 2 is 1.94 bits per heavy atom. The lowest BCUT2D eigenvalue weighted by Crippen LogP contribution is -2.00. The third-order valence-corrected chi connectivity index (χ3v) is 2.42. The van der Waals surface area contributed by atoms with E-state index in [9.17, 15) is 20.2 Å². The molecule has 0 aliphatic rings. The topological polar surface area (TPSA) is 86.3 Å². The molecule has 0 amide bonds. The summed E-state index contributed by atoms with van der Waals surface area (Å²) in [6, 6.07) is 2.30. The van der Waals surface area contributed by atoms with Crippen LogP contribution in [0.5, 0.6) is 0 Å². The molecule has 1 aromatic carbocycles. The molecule has 0 bridgehead atoms. The lowest BCUT2D eigenvalue weighted by molar-refractivity contribution is -0.394. The molecule has 0 saturated heterocycles. The zero-order valence-corrected chi connectivity index (χ0v) is 9.17. The Morgan fingerprint density at radius 1 is 1.29 bits per heavy atom. The fraction of sp³-hybridized carbons (Fsp3) is 0.273. The molecule has 0 aliphatic carbocycles. The second kappa shape index (κ2) is 5.07. The van der Waals surface area contributed by atoms with Crippen LogP contribution in [0, 0.1) is 39.5 Å². The van der Waals surface area contributed by atoms with E-state index in [0.717, 1.165) is 6.07 Å². The predicted octanol–water partition coefficient (Wildman–Crippen LogP) is 2.38. The molecule has 0 heterocycles. The molecule has 0 atom stereocenters. The highest BCUT2D eigenvalue weighted by molar-refractivity contribution is 5.53. The van der Waals surface area contributed by atoms with Crippen molar-refractivity contribution in [3.8, 4) is 12.3 Å². The third-order valence-electron chi connectivity index (χ3n) is 2.42. The summed E-state index contributed by atoms with van der Waals surface area (Å²) in [4.78, 5) is 20.2. The maximum Gasteiger partial charge on any atom is 0.279 e. The number of aryl methyl sites for hydroxylation is 1. The van der Waals surface area contributed by atoms with E-state index >= 15 is 0 Å². The molecule has 6 nitrogen and oxygen atoms in total. The summed E-state index contributed by atoms with van der Waals surface area (Å²) in [6.07, 6.45) is 5.89. The van der Waals surface area contributed by atoms with Crippen molar-refractivity contribution >= 4 is 11.4 Å². The van der Waals surface area contributed by atoms with Gasteiger partial charge >= 0.3 is 0 Å². The molecular weight excluding hydrogens is 224 g/mol. The number of hydrogen-bond acceptors (Lipinski definition) is 4. The summed E-state index contributed by atoms with van der Waals surface area (Å²) in [6.45, 7) is 1.56. The standard InChI is InChI=1S/C11H10N2O4/c1-3-4-5-9-6-10(12(14)15)7-11(8(9)2)13(16)17/h1,6-7H,4-5H2,2H3. The minimum Gasteiger partial charge on any atom is -0.258 e. The van der Waals surface area contributed by atoms with Gasteiger partial charge in [0.15, 0.2) is 0 Å². The molecule has 6 heteroatoms. The molecule has 88 valence electrons. The number of terminal acetylenes is 1. The van der Waals surface area contributed by atoms with Crippen molar-refractivity contribution in [1.82, 2.24) is 0 Å². The van der Waals surface area contributed by atoms with Gasteiger partial charge in [0.1, 0.15) is 0 Å². The van der Waals surface area contributed by atoms with Gasteiger partial charge in [0.05, 0.1) is 15.9 Å². The lowest BCUT2D eigenvalue weighted by Gasteiger charge is -2.04. The summed E-state index contributed by atoms with van der Waals surface area (Å²) in [7, 11) is 0. The zero-order valence-electron chi connectivity index (χ0n) is 9.17. The van der Waals surface area contributed by atoms with E-state index < -0.39 is 9.85 Å². The van der Waals surface area contributed by atoms with Crippen molar-refractivity contribution in [3.63, 3.8) is 0 Å². The van der Waals surface area contributed by atoms with Crippen LogP contribution in [0.2, 0.25) is 0 Å². The molecule has 0 aliphatic heterocycles. The molecular formula is C11H10N2O4. The first kappa shape index (κ1) is 12.6. The maximum atomic E-state index is 10.8.